The average molecular weight is 425 g/mol. The number of hydrogen-bond acceptors (Lipinski definition) is 4. The second-order valence-electron chi connectivity index (χ2n) is 7.94. The molecule has 0 N–H and O–H groups in total. The molecule has 1 saturated carbocycles. The fraction of sp³-hybridized carbons (Fsp3) is 0.600. The normalized spacial score (nSPS) is 28.6. The van der Waals surface area contributed by atoms with Crippen LogP contribution in [0.15, 0.2) is 29.3 Å². The van der Waals surface area contributed by atoms with Crippen molar-refractivity contribution in [1.29, 1.82) is 0 Å². The molecule has 0 unspecified atom stereocenters. The summed E-state index contributed by atoms with van der Waals surface area (Å²) in [5, 5.41) is 0.610. The van der Waals surface area contributed by atoms with Crippen LogP contribution in [0.4, 0.5) is 4.39 Å². The largest absolute Gasteiger partial charge is 0.346 e. The van der Waals surface area contributed by atoms with Crippen molar-refractivity contribution in [1.82, 2.24) is 4.90 Å². The van der Waals surface area contributed by atoms with Crippen molar-refractivity contribution in [3.63, 3.8) is 0 Å². The zero-order valence-corrected chi connectivity index (χ0v) is 17.4. The van der Waals surface area contributed by atoms with Crippen molar-refractivity contribution in [2.45, 2.75) is 49.8 Å². The van der Waals surface area contributed by atoms with Gasteiger partial charge in [-0.1, -0.05) is 43.2 Å². The second kappa shape index (κ2) is 8.14. The quantitative estimate of drug-likeness (QED) is 0.743. The molecule has 4 rings (SSSR count). The highest BCUT2D eigenvalue weighted by atomic mass is 32.2. The van der Waals surface area contributed by atoms with Gasteiger partial charge in [-0.05, 0) is 37.0 Å². The van der Waals surface area contributed by atoms with Gasteiger partial charge in [0, 0.05) is 17.7 Å². The van der Waals surface area contributed by atoms with Gasteiger partial charge < -0.3 is 4.90 Å². The van der Waals surface area contributed by atoms with Crippen LogP contribution >= 0.6 is 11.8 Å². The first kappa shape index (κ1) is 19.9. The molecule has 28 heavy (non-hydrogen) atoms. The Hall–Kier alpha value is -1.41. The first-order chi connectivity index (χ1) is 13.4. The molecule has 5 nitrogen and oxygen atoms in total. The van der Waals surface area contributed by atoms with Gasteiger partial charge in [0.15, 0.2) is 15.0 Å². The molecule has 3 aliphatic rings. The Morgan fingerprint density at radius 1 is 1.14 bits per heavy atom. The fourth-order valence-corrected chi connectivity index (χ4v) is 8.32. The van der Waals surface area contributed by atoms with Crippen LogP contribution in [0.5, 0.6) is 0 Å². The number of amidine groups is 1. The Morgan fingerprint density at radius 2 is 1.86 bits per heavy atom. The van der Waals surface area contributed by atoms with E-state index in [1.54, 1.807) is 12.1 Å². The van der Waals surface area contributed by atoms with E-state index >= 15 is 0 Å². The lowest BCUT2D eigenvalue weighted by atomic mass is 9.89. The Balaban J connectivity index is 1.51. The summed E-state index contributed by atoms with van der Waals surface area (Å²) in [7, 11) is -3.05. The third-order valence-corrected chi connectivity index (χ3v) is 9.14. The molecular formula is C20H25FN2O3S2. The number of rotatable bonds is 4. The first-order valence-electron chi connectivity index (χ1n) is 9.92. The van der Waals surface area contributed by atoms with Crippen molar-refractivity contribution in [2.24, 2.45) is 10.9 Å². The SMILES string of the molecule is O=C(N=C1S[C@@H]2CS(=O)(=O)C[C@@H]2N1CCc1ccc(F)cc1)C1CCCCC1. The summed E-state index contributed by atoms with van der Waals surface area (Å²) < 4.78 is 37.3. The lowest BCUT2D eigenvalue weighted by Crippen LogP contribution is -2.39. The van der Waals surface area contributed by atoms with E-state index in [1.807, 2.05) is 4.90 Å². The monoisotopic (exact) mass is 424 g/mol. The van der Waals surface area contributed by atoms with Crippen molar-refractivity contribution in [3.8, 4) is 0 Å². The van der Waals surface area contributed by atoms with Crippen molar-refractivity contribution in [2.75, 3.05) is 18.1 Å². The van der Waals surface area contributed by atoms with Crippen LogP contribution in [-0.2, 0) is 21.1 Å². The van der Waals surface area contributed by atoms with E-state index in [1.165, 1.54) is 30.3 Å². The van der Waals surface area contributed by atoms with Gasteiger partial charge in [-0.3, -0.25) is 4.79 Å². The van der Waals surface area contributed by atoms with Gasteiger partial charge in [-0.25, -0.2) is 12.8 Å². The van der Waals surface area contributed by atoms with Crippen molar-refractivity contribution >= 4 is 32.7 Å². The van der Waals surface area contributed by atoms with Crippen LogP contribution in [0, 0.1) is 11.7 Å². The standard InChI is InChI=1S/C20H25FN2O3S2/c21-16-8-6-14(7-9-16)10-11-23-17-12-28(25,26)13-18(17)27-20(23)22-19(24)15-4-2-1-3-5-15/h6-9,15,17-18H,1-5,10-13H2/t17-,18+/m0/s1. The molecule has 0 spiro atoms. The molecule has 0 radical (unpaired) electrons. The Bertz CT molecular complexity index is 864. The molecule has 8 heteroatoms. The second-order valence-corrected chi connectivity index (χ2v) is 11.3. The molecule has 1 aromatic rings. The van der Waals surface area contributed by atoms with E-state index in [0.717, 1.165) is 31.2 Å². The minimum Gasteiger partial charge on any atom is -0.346 e. The summed E-state index contributed by atoms with van der Waals surface area (Å²) in [5.41, 5.74) is 0.980. The molecule has 2 atom stereocenters. The van der Waals surface area contributed by atoms with Gasteiger partial charge in [-0.15, -0.1) is 0 Å². The molecule has 1 aliphatic carbocycles. The van der Waals surface area contributed by atoms with Gasteiger partial charge in [0.25, 0.3) is 5.91 Å². The summed E-state index contributed by atoms with van der Waals surface area (Å²) in [6.07, 6.45) is 5.79. The Kier molecular flexibility index (Phi) is 5.78. The van der Waals surface area contributed by atoms with Crippen LogP contribution in [0.3, 0.4) is 0 Å². The minimum absolute atomic E-state index is 0.00460. The molecule has 1 amide bonds. The van der Waals surface area contributed by atoms with Gasteiger partial charge in [-0.2, -0.15) is 4.99 Å². The lowest BCUT2D eigenvalue weighted by Gasteiger charge is -2.25. The topological polar surface area (TPSA) is 66.8 Å². The van der Waals surface area contributed by atoms with Crippen LogP contribution in [0.2, 0.25) is 0 Å². The number of fused-ring (bicyclic) bond motifs is 1. The molecule has 2 saturated heterocycles. The van der Waals surface area contributed by atoms with E-state index in [2.05, 4.69) is 4.99 Å². The number of carbonyl (C=O) groups is 1. The number of amides is 1. The highest BCUT2D eigenvalue weighted by molar-refractivity contribution is 8.15. The molecule has 2 heterocycles. The van der Waals surface area contributed by atoms with E-state index in [4.69, 9.17) is 0 Å². The van der Waals surface area contributed by atoms with Crippen LogP contribution < -0.4 is 0 Å². The van der Waals surface area contributed by atoms with Crippen LogP contribution in [0.1, 0.15) is 37.7 Å². The predicted octanol–water partition coefficient (Wildman–Crippen LogP) is 3.05. The zero-order valence-electron chi connectivity index (χ0n) is 15.7. The number of thioether (sulfide) groups is 1. The molecular weight excluding hydrogens is 399 g/mol. The summed E-state index contributed by atoms with van der Waals surface area (Å²) in [6.45, 7) is 0.575. The first-order valence-corrected chi connectivity index (χ1v) is 12.6. The summed E-state index contributed by atoms with van der Waals surface area (Å²) in [6, 6.07) is 6.21. The van der Waals surface area contributed by atoms with E-state index in [9.17, 15) is 17.6 Å². The Morgan fingerprint density at radius 3 is 2.57 bits per heavy atom. The highest BCUT2D eigenvalue weighted by Crippen LogP contribution is 2.38. The summed E-state index contributed by atoms with van der Waals surface area (Å²) in [4.78, 5) is 19.1. The van der Waals surface area contributed by atoms with Crippen molar-refractivity contribution in [3.05, 3.63) is 35.6 Å². The van der Waals surface area contributed by atoms with E-state index in [0.29, 0.717) is 18.1 Å². The lowest BCUT2D eigenvalue weighted by molar-refractivity contribution is -0.122. The maximum atomic E-state index is 13.1. The zero-order chi connectivity index (χ0) is 19.7. The van der Waals surface area contributed by atoms with E-state index in [-0.39, 0.29) is 40.4 Å². The molecule has 1 aromatic carbocycles. The van der Waals surface area contributed by atoms with Crippen LogP contribution in [0.25, 0.3) is 0 Å². The third kappa shape index (κ3) is 4.43. The number of nitrogens with zero attached hydrogens (tertiary/aromatic N) is 2. The minimum atomic E-state index is -3.05. The predicted molar refractivity (Wildman–Crippen MR) is 110 cm³/mol. The highest BCUT2D eigenvalue weighted by Gasteiger charge is 2.48. The molecule has 152 valence electrons. The van der Waals surface area contributed by atoms with Gasteiger partial charge in [0.05, 0.1) is 17.5 Å². The molecule has 0 bridgehead atoms. The number of aliphatic imine (C=N–C) groups is 1. The number of sulfone groups is 1. The van der Waals surface area contributed by atoms with Gasteiger partial charge in [0.1, 0.15) is 5.82 Å². The van der Waals surface area contributed by atoms with Crippen LogP contribution in [-0.4, -0.2) is 53.7 Å². The fourth-order valence-electron chi connectivity index (χ4n) is 4.33. The number of hydrogen-bond donors (Lipinski definition) is 0. The summed E-state index contributed by atoms with van der Waals surface area (Å²) in [5.74, 6) is -0.0685. The number of carbonyl (C=O) groups excluding carboxylic acids is 1. The maximum Gasteiger partial charge on any atom is 0.251 e. The maximum absolute atomic E-state index is 13.1. The number of benzene rings is 1. The molecule has 3 fully saturated rings. The number of halogens is 1. The van der Waals surface area contributed by atoms with Crippen molar-refractivity contribution < 1.29 is 17.6 Å². The van der Waals surface area contributed by atoms with E-state index < -0.39 is 9.84 Å². The smallest absolute Gasteiger partial charge is 0.251 e. The summed E-state index contributed by atoms with van der Waals surface area (Å²) >= 11 is 1.44. The molecule has 2 aliphatic heterocycles. The molecule has 0 aromatic heterocycles. The third-order valence-electron chi connectivity index (χ3n) is 5.89. The average Bonchev–Trinajstić information content (AvgIpc) is 3.13. The van der Waals surface area contributed by atoms with Gasteiger partial charge >= 0.3 is 0 Å². The Labute approximate surface area is 169 Å². The van der Waals surface area contributed by atoms with Gasteiger partial charge in [0.2, 0.25) is 0 Å².